The van der Waals surface area contributed by atoms with E-state index < -0.39 is 5.92 Å². The van der Waals surface area contributed by atoms with Crippen molar-refractivity contribution in [1.82, 2.24) is 19.9 Å². The van der Waals surface area contributed by atoms with Crippen molar-refractivity contribution < 1.29 is 19.1 Å². The van der Waals surface area contributed by atoms with Crippen molar-refractivity contribution in [3.8, 4) is 28.5 Å². The van der Waals surface area contributed by atoms with Crippen LogP contribution in [0.5, 0.6) is 17.2 Å². The first kappa shape index (κ1) is 29.1. The van der Waals surface area contributed by atoms with Crippen molar-refractivity contribution in [3.05, 3.63) is 124 Å². The van der Waals surface area contributed by atoms with E-state index in [0.717, 1.165) is 71.7 Å². The lowest BCUT2D eigenvalue weighted by molar-refractivity contribution is -0.384. The first-order valence-electron chi connectivity index (χ1n) is 15.4. The number of aromatic nitrogens is 4. The molecule has 4 heterocycles. The molecule has 48 heavy (non-hydrogen) atoms. The Morgan fingerprint density at radius 2 is 1.44 bits per heavy atom. The van der Waals surface area contributed by atoms with Gasteiger partial charge >= 0.3 is 0 Å². The number of rotatable bonds is 8. The number of non-ortho nitro benzene ring substituents is 1. The van der Waals surface area contributed by atoms with Crippen LogP contribution in [0.4, 0.5) is 5.69 Å². The van der Waals surface area contributed by atoms with Crippen LogP contribution in [0.2, 0.25) is 0 Å². The van der Waals surface area contributed by atoms with Crippen LogP contribution in [-0.4, -0.2) is 46.2 Å². The molecular weight excluding hydrogens is 606 g/mol. The van der Waals surface area contributed by atoms with Gasteiger partial charge in [0.1, 0.15) is 0 Å². The van der Waals surface area contributed by atoms with E-state index >= 15 is 0 Å². The van der Waals surface area contributed by atoms with Crippen LogP contribution >= 0.6 is 0 Å². The third-order valence-electron chi connectivity index (χ3n) is 9.20. The lowest BCUT2D eigenvalue weighted by atomic mass is 9.85. The van der Waals surface area contributed by atoms with Crippen LogP contribution in [0, 0.1) is 17.0 Å². The van der Waals surface area contributed by atoms with E-state index in [-0.39, 0.29) is 10.6 Å². The lowest BCUT2D eigenvalue weighted by Gasteiger charge is -2.20. The molecule has 0 aliphatic carbocycles. The number of nitro benzene ring substituents is 1. The summed E-state index contributed by atoms with van der Waals surface area (Å²) in [4.78, 5) is 27.6. The zero-order valence-electron chi connectivity index (χ0n) is 26.7. The first-order valence-corrected chi connectivity index (χ1v) is 15.4. The Balaban J connectivity index is 1.50. The topological polar surface area (TPSA) is 131 Å². The highest BCUT2D eigenvalue weighted by molar-refractivity contribution is 6.11. The Morgan fingerprint density at radius 1 is 0.750 bits per heavy atom. The smallest absolute Gasteiger partial charge is 0.270 e. The van der Waals surface area contributed by atoms with Crippen LogP contribution in [0.3, 0.4) is 0 Å². The number of hydrogen-bond donors (Lipinski definition) is 3. The molecule has 4 aromatic heterocycles. The number of pyridine rings is 1. The van der Waals surface area contributed by atoms with Gasteiger partial charge in [0.05, 0.1) is 49.1 Å². The molecule has 0 aliphatic rings. The van der Waals surface area contributed by atoms with Gasteiger partial charge in [0.15, 0.2) is 11.5 Å². The number of nitrogens with zero attached hydrogens (tertiary/aromatic N) is 2. The quantitative estimate of drug-likeness (QED) is 0.113. The third kappa shape index (κ3) is 4.44. The van der Waals surface area contributed by atoms with Gasteiger partial charge < -0.3 is 29.2 Å². The van der Waals surface area contributed by atoms with Crippen LogP contribution < -0.4 is 14.2 Å². The molecule has 8 aromatic rings. The summed E-state index contributed by atoms with van der Waals surface area (Å²) in [6.45, 7) is 2.06. The van der Waals surface area contributed by atoms with E-state index in [4.69, 9.17) is 19.2 Å². The fourth-order valence-electron chi connectivity index (χ4n) is 7.06. The Bertz CT molecular complexity index is 2520. The Hall–Kier alpha value is -6.29. The monoisotopic (exact) mass is 637 g/mol. The van der Waals surface area contributed by atoms with Gasteiger partial charge in [0.25, 0.3) is 5.69 Å². The third-order valence-corrected chi connectivity index (χ3v) is 9.20. The minimum atomic E-state index is -0.407. The predicted octanol–water partition coefficient (Wildman–Crippen LogP) is 8.77. The number of H-pyrrole nitrogens is 3. The standard InChI is InChI=1S/C38H31N5O5/c1-20-34(24-10-6-8-12-30(24)40-20)35(27-19-39-28-14-13-22(43(44)45)17-25(27)28)31-18-26-23-9-5-7-11-29(23)41-37(26)36(42-31)21-15-32(46-2)38(48-4)33(16-21)47-3/h5-19,35,39-41H,1-4H3. The van der Waals surface area contributed by atoms with E-state index in [2.05, 4.69) is 46.1 Å². The molecule has 0 saturated heterocycles. The summed E-state index contributed by atoms with van der Waals surface area (Å²) in [7, 11) is 4.76. The van der Waals surface area contributed by atoms with Gasteiger partial charge in [-0.2, -0.15) is 0 Å². The van der Waals surface area contributed by atoms with Crippen molar-refractivity contribution >= 4 is 49.3 Å². The van der Waals surface area contributed by atoms with Gasteiger partial charge in [-0.3, -0.25) is 10.1 Å². The van der Waals surface area contributed by atoms with Crippen LogP contribution in [0.25, 0.3) is 54.9 Å². The summed E-state index contributed by atoms with van der Waals surface area (Å²) < 4.78 is 17.1. The van der Waals surface area contributed by atoms with Gasteiger partial charge in [0.2, 0.25) is 5.75 Å². The van der Waals surface area contributed by atoms with Gasteiger partial charge in [-0.1, -0.05) is 36.4 Å². The van der Waals surface area contributed by atoms with Crippen LogP contribution in [-0.2, 0) is 0 Å². The number of ether oxygens (including phenoxy) is 3. The highest BCUT2D eigenvalue weighted by atomic mass is 16.6. The fraction of sp³-hybridized carbons (Fsp3) is 0.132. The molecule has 1 atom stereocenters. The molecule has 0 radical (unpaired) electrons. The van der Waals surface area contributed by atoms with E-state index in [1.807, 2.05) is 48.7 Å². The molecule has 4 aromatic carbocycles. The second kappa shape index (κ2) is 11.2. The van der Waals surface area contributed by atoms with E-state index in [1.165, 1.54) is 6.07 Å². The average Bonchev–Trinajstić information content (AvgIpc) is 3.80. The molecule has 0 bridgehead atoms. The first-order chi connectivity index (χ1) is 23.4. The number of aromatic amines is 3. The van der Waals surface area contributed by atoms with Gasteiger partial charge in [-0.05, 0) is 54.4 Å². The maximum absolute atomic E-state index is 11.9. The van der Waals surface area contributed by atoms with Crippen molar-refractivity contribution in [3.63, 3.8) is 0 Å². The zero-order valence-corrected chi connectivity index (χ0v) is 26.7. The maximum Gasteiger partial charge on any atom is 0.270 e. The summed E-state index contributed by atoms with van der Waals surface area (Å²) >= 11 is 0. The van der Waals surface area contributed by atoms with Crippen molar-refractivity contribution in [2.45, 2.75) is 12.8 Å². The Morgan fingerprint density at radius 3 is 2.12 bits per heavy atom. The molecule has 238 valence electrons. The largest absolute Gasteiger partial charge is 0.493 e. The van der Waals surface area contributed by atoms with Gasteiger partial charge in [-0.25, -0.2) is 4.98 Å². The van der Waals surface area contributed by atoms with Crippen LogP contribution in [0.1, 0.15) is 28.4 Å². The van der Waals surface area contributed by atoms with E-state index in [0.29, 0.717) is 22.9 Å². The molecule has 0 saturated carbocycles. The minimum Gasteiger partial charge on any atom is -0.493 e. The fourth-order valence-corrected chi connectivity index (χ4v) is 7.06. The number of methoxy groups -OCH3 is 3. The normalized spacial score (nSPS) is 12.2. The number of fused-ring (bicyclic) bond motifs is 5. The minimum absolute atomic E-state index is 0.0240. The second-order valence-corrected chi connectivity index (χ2v) is 11.8. The highest BCUT2D eigenvalue weighted by Gasteiger charge is 2.29. The van der Waals surface area contributed by atoms with Gasteiger partial charge in [0, 0.05) is 67.7 Å². The lowest BCUT2D eigenvalue weighted by Crippen LogP contribution is -2.08. The average molecular weight is 638 g/mol. The van der Waals surface area contributed by atoms with Crippen molar-refractivity contribution in [2.24, 2.45) is 0 Å². The Labute approximate surface area is 274 Å². The van der Waals surface area contributed by atoms with Crippen molar-refractivity contribution in [2.75, 3.05) is 21.3 Å². The highest BCUT2D eigenvalue weighted by Crippen LogP contribution is 2.46. The molecule has 8 rings (SSSR count). The maximum atomic E-state index is 11.9. The summed E-state index contributed by atoms with van der Waals surface area (Å²) in [5.41, 5.74) is 8.81. The second-order valence-electron chi connectivity index (χ2n) is 11.8. The SMILES string of the molecule is COc1cc(-c2nc(C(c3c[nH]c4ccc([N+](=O)[O-])cc34)c3c(C)[nH]c4ccccc34)cc3c2[nH]c2ccccc23)cc(OC)c1OC. The Kier molecular flexibility index (Phi) is 6.80. The van der Waals surface area contributed by atoms with Crippen LogP contribution in [0.15, 0.2) is 91.1 Å². The molecule has 1 unspecified atom stereocenters. The summed E-state index contributed by atoms with van der Waals surface area (Å²) in [6.07, 6.45) is 1.94. The molecule has 0 fully saturated rings. The molecule has 0 spiro atoms. The summed E-state index contributed by atoms with van der Waals surface area (Å²) in [5, 5.41) is 15.8. The van der Waals surface area contributed by atoms with Crippen molar-refractivity contribution in [1.29, 1.82) is 0 Å². The molecule has 0 amide bonds. The number of nitro groups is 1. The zero-order chi connectivity index (χ0) is 33.1. The van der Waals surface area contributed by atoms with Gasteiger partial charge in [-0.15, -0.1) is 0 Å². The molecule has 10 heteroatoms. The molecule has 10 nitrogen and oxygen atoms in total. The predicted molar refractivity (Wildman–Crippen MR) is 188 cm³/mol. The number of aryl methyl sites for hydroxylation is 1. The molecular formula is C38H31N5O5. The molecule has 3 N–H and O–H groups in total. The molecule has 0 aliphatic heterocycles. The number of nitrogens with one attached hydrogen (secondary N) is 3. The summed E-state index contributed by atoms with van der Waals surface area (Å²) in [5.74, 6) is 1.10. The number of benzene rings is 4. The van der Waals surface area contributed by atoms with E-state index in [9.17, 15) is 10.1 Å². The number of hydrogen-bond acceptors (Lipinski definition) is 6. The summed E-state index contributed by atoms with van der Waals surface area (Å²) in [6, 6.07) is 27.2. The number of para-hydroxylation sites is 2. The van der Waals surface area contributed by atoms with E-state index in [1.54, 1.807) is 33.5 Å².